The van der Waals surface area contributed by atoms with Crippen molar-refractivity contribution in [1.29, 1.82) is 0 Å². The van der Waals surface area contributed by atoms with E-state index in [1.165, 1.54) is 5.56 Å². The number of ether oxygens (including phenoxy) is 1. The summed E-state index contributed by atoms with van der Waals surface area (Å²) in [4.78, 5) is 26.8. The van der Waals surface area contributed by atoms with Gasteiger partial charge in [0.25, 0.3) is 0 Å². The molecule has 2 amide bonds. The average molecular weight is 400 g/mol. The molecular weight excluding hydrogens is 376 g/mol. The van der Waals surface area contributed by atoms with Crippen molar-refractivity contribution in [2.75, 3.05) is 11.9 Å². The van der Waals surface area contributed by atoms with Crippen LogP contribution in [0, 0.1) is 12.8 Å². The molecule has 1 aliphatic heterocycles. The van der Waals surface area contributed by atoms with Crippen LogP contribution in [0.5, 0.6) is 11.5 Å². The maximum absolute atomic E-state index is 12.7. The monoisotopic (exact) mass is 400 g/mol. The van der Waals surface area contributed by atoms with Gasteiger partial charge >= 0.3 is 0 Å². The Balaban J connectivity index is 1.32. The van der Waals surface area contributed by atoms with E-state index in [4.69, 9.17) is 4.74 Å². The topological polar surface area (TPSA) is 58.6 Å². The Labute approximate surface area is 176 Å². The van der Waals surface area contributed by atoms with Crippen LogP contribution < -0.4 is 10.1 Å². The standard InChI is InChI=1S/C25H24N2O3/c1-18-7-9-19(10-8-18)16-27-17-20(15-24(27)28)25(29)26-21-11-13-23(14-12-21)30-22-5-3-2-4-6-22/h2-14,20H,15-17H2,1H3,(H,26,29)/t20-/m0/s1. The number of para-hydroxylation sites is 1. The summed E-state index contributed by atoms with van der Waals surface area (Å²) < 4.78 is 5.77. The summed E-state index contributed by atoms with van der Waals surface area (Å²) in [5.41, 5.74) is 2.94. The second kappa shape index (κ2) is 8.82. The normalized spacial score (nSPS) is 15.8. The van der Waals surface area contributed by atoms with Crippen LogP contribution in [-0.2, 0) is 16.1 Å². The van der Waals surface area contributed by atoms with Gasteiger partial charge in [0.2, 0.25) is 11.8 Å². The lowest BCUT2D eigenvalue weighted by atomic mass is 10.1. The van der Waals surface area contributed by atoms with E-state index < -0.39 is 0 Å². The lowest BCUT2D eigenvalue weighted by molar-refractivity contribution is -0.128. The molecular formula is C25H24N2O3. The molecule has 1 atom stereocenters. The molecule has 1 aliphatic rings. The van der Waals surface area contributed by atoms with Gasteiger partial charge in [-0.1, -0.05) is 48.0 Å². The largest absolute Gasteiger partial charge is 0.457 e. The molecule has 5 nitrogen and oxygen atoms in total. The Hall–Kier alpha value is -3.60. The average Bonchev–Trinajstić information content (AvgIpc) is 3.12. The number of nitrogens with zero attached hydrogens (tertiary/aromatic N) is 1. The maximum atomic E-state index is 12.7. The van der Waals surface area contributed by atoms with Gasteiger partial charge < -0.3 is 15.0 Å². The zero-order chi connectivity index (χ0) is 20.9. The molecule has 152 valence electrons. The molecule has 5 heteroatoms. The number of anilines is 1. The van der Waals surface area contributed by atoms with Crippen LogP contribution in [0.15, 0.2) is 78.9 Å². The lowest BCUT2D eigenvalue weighted by Gasteiger charge is -2.17. The molecule has 0 radical (unpaired) electrons. The minimum atomic E-state index is -0.344. The summed E-state index contributed by atoms with van der Waals surface area (Å²) in [5, 5.41) is 2.91. The zero-order valence-corrected chi connectivity index (χ0v) is 16.9. The van der Waals surface area contributed by atoms with E-state index in [2.05, 4.69) is 5.32 Å². The van der Waals surface area contributed by atoms with Crippen LogP contribution in [-0.4, -0.2) is 23.3 Å². The first-order chi connectivity index (χ1) is 14.6. The molecule has 0 unspecified atom stereocenters. The molecule has 1 fully saturated rings. The van der Waals surface area contributed by atoms with Crippen molar-refractivity contribution in [3.8, 4) is 11.5 Å². The van der Waals surface area contributed by atoms with Crippen LogP contribution in [0.3, 0.4) is 0 Å². The fraction of sp³-hybridized carbons (Fsp3) is 0.200. The molecule has 1 heterocycles. The van der Waals surface area contributed by atoms with Crippen LogP contribution in [0.25, 0.3) is 0 Å². The molecule has 0 saturated carbocycles. The predicted molar refractivity (Wildman–Crippen MR) is 116 cm³/mol. The van der Waals surface area contributed by atoms with E-state index >= 15 is 0 Å². The Morgan fingerprint density at radius 2 is 1.63 bits per heavy atom. The van der Waals surface area contributed by atoms with Gasteiger partial charge in [-0.15, -0.1) is 0 Å². The SMILES string of the molecule is Cc1ccc(CN2C[C@@H](C(=O)Nc3ccc(Oc4ccccc4)cc3)CC2=O)cc1. The maximum Gasteiger partial charge on any atom is 0.229 e. The number of rotatable bonds is 6. The number of aryl methyl sites for hydroxylation is 1. The number of amides is 2. The second-order valence-electron chi connectivity index (χ2n) is 7.59. The van der Waals surface area contributed by atoms with Crippen LogP contribution >= 0.6 is 0 Å². The van der Waals surface area contributed by atoms with Crippen molar-refractivity contribution < 1.29 is 14.3 Å². The van der Waals surface area contributed by atoms with E-state index in [9.17, 15) is 9.59 Å². The Morgan fingerprint density at radius 3 is 2.33 bits per heavy atom. The number of likely N-dealkylation sites (tertiary alicyclic amines) is 1. The second-order valence-corrected chi connectivity index (χ2v) is 7.59. The molecule has 1 saturated heterocycles. The molecule has 30 heavy (non-hydrogen) atoms. The fourth-order valence-electron chi connectivity index (χ4n) is 3.49. The van der Waals surface area contributed by atoms with Crippen molar-refractivity contribution in [1.82, 2.24) is 4.90 Å². The number of benzene rings is 3. The quantitative estimate of drug-likeness (QED) is 0.648. The third kappa shape index (κ3) is 4.87. The van der Waals surface area contributed by atoms with Gasteiger partial charge in [-0.2, -0.15) is 0 Å². The highest BCUT2D eigenvalue weighted by molar-refractivity contribution is 5.97. The summed E-state index contributed by atoms with van der Waals surface area (Å²) >= 11 is 0. The number of hydrogen-bond donors (Lipinski definition) is 1. The van der Waals surface area contributed by atoms with Gasteiger partial charge in [-0.25, -0.2) is 0 Å². The minimum absolute atomic E-state index is 0.0161. The van der Waals surface area contributed by atoms with Crippen LogP contribution in [0.2, 0.25) is 0 Å². The molecule has 3 aromatic carbocycles. The highest BCUT2D eigenvalue weighted by Crippen LogP contribution is 2.25. The summed E-state index contributed by atoms with van der Waals surface area (Å²) in [6.45, 7) is 3.01. The molecule has 1 N–H and O–H groups in total. The summed E-state index contributed by atoms with van der Waals surface area (Å²) in [5.74, 6) is 0.990. The van der Waals surface area contributed by atoms with E-state index in [1.807, 2.05) is 73.7 Å². The first-order valence-electron chi connectivity index (χ1n) is 10.0. The lowest BCUT2D eigenvalue weighted by Crippen LogP contribution is -2.28. The van der Waals surface area contributed by atoms with Crippen molar-refractivity contribution in [2.24, 2.45) is 5.92 Å². The number of carbonyl (C=O) groups is 2. The van der Waals surface area contributed by atoms with Crippen LogP contribution in [0.4, 0.5) is 5.69 Å². The Kier molecular flexibility index (Phi) is 5.80. The Bertz CT molecular complexity index is 1010. The summed E-state index contributed by atoms with van der Waals surface area (Å²) in [7, 11) is 0. The van der Waals surface area contributed by atoms with Gasteiger partial charge in [-0.3, -0.25) is 9.59 Å². The van der Waals surface area contributed by atoms with E-state index in [-0.39, 0.29) is 24.2 Å². The Morgan fingerprint density at radius 1 is 0.967 bits per heavy atom. The molecule has 3 aromatic rings. The van der Waals surface area contributed by atoms with Gasteiger partial charge in [0, 0.05) is 25.2 Å². The van der Waals surface area contributed by atoms with Crippen molar-refractivity contribution in [3.63, 3.8) is 0 Å². The van der Waals surface area contributed by atoms with Crippen molar-refractivity contribution in [3.05, 3.63) is 90.0 Å². The molecule has 0 bridgehead atoms. The van der Waals surface area contributed by atoms with E-state index in [1.54, 1.807) is 17.0 Å². The molecule has 0 aromatic heterocycles. The molecule has 4 rings (SSSR count). The first kappa shape index (κ1) is 19.7. The first-order valence-corrected chi connectivity index (χ1v) is 10.0. The minimum Gasteiger partial charge on any atom is -0.457 e. The highest BCUT2D eigenvalue weighted by Gasteiger charge is 2.34. The third-order valence-electron chi connectivity index (χ3n) is 5.18. The van der Waals surface area contributed by atoms with E-state index in [0.717, 1.165) is 11.3 Å². The number of nitrogens with one attached hydrogen (secondary N) is 1. The van der Waals surface area contributed by atoms with E-state index in [0.29, 0.717) is 24.5 Å². The predicted octanol–water partition coefficient (Wildman–Crippen LogP) is 4.77. The molecule has 0 aliphatic carbocycles. The number of carbonyl (C=O) groups excluding carboxylic acids is 2. The zero-order valence-electron chi connectivity index (χ0n) is 16.9. The van der Waals surface area contributed by atoms with Crippen LogP contribution in [0.1, 0.15) is 17.5 Å². The van der Waals surface area contributed by atoms with Crippen molar-refractivity contribution in [2.45, 2.75) is 19.9 Å². The third-order valence-corrected chi connectivity index (χ3v) is 5.18. The van der Waals surface area contributed by atoms with Gasteiger partial charge in [0.15, 0.2) is 0 Å². The highest BCUT2D eigenvalue weighted by atomic mass is 16.5. The van der Waals surface area contributed by atoms with Gasteiger partial charge in [-0.05, 0) is 48.9 Å². The summed E-state index contributed by atoms with van der Waals surface area (Å²) in [6.07, 6.45) is 0.243. The smallest absolute Gasteiger partial charge is 0.229 e. The fourth-order valence-corrected chi connectivity index (χ4v) is 3.49. The molecule has 0 spiro atoms. The van der Waals surface area contributed by atoms with Gasteiger partial charge in [0.1, 0.15) is 11.5 Å². The van der Waals surface area contributed by atoms with Gasteiger partial charge in [0.05, 0.1) is 5.92 Å². The number of hydrogen-bond acceptors (Lipinski definition) is 3. The summed E-state index contributed by atoms with van der Waals surface area (Å²) in [6, 6.07) is 24.9. The van der Waals surface area contributed by atoms with Crippen molar-refractivity contribution >= 4 is 17.5 Å².